The van der Waals surface area contributed by atoms with Crippen molar-refractivity contribution in [3.05, 3.63) is 65.9 Å². The normalized spacial score (nSPS) is 10.4. The molecule has 1 aromatic carbocycles. The van der Waals surface area contributed by atoms with Crippen LogP contribution in [0.25, 0.3) is 6.08 Å². The topological polar surface area (TPSA) is 79.3 Å². The number of carbonyl (C=O) groups excluding carboxylic acids is 1. The summed E-state index contributed by atoms with van der Waals surface area (Å²) in [6, 6.07) is 11.8. The van der Waals surface area contributed by atoms with Crippen LogP contribution in [0.15, 0.2) is 54.7 Å². The van der Waals surface area contributed by atoms with Crippen LogP contribution in [0.1, 0.15) is 15.9 Å². The van der Waals surface area contributed by atoms with E-state index < -0.39 is 5.97 Å². The first-order valence-corrected chi connectivity index (χ1v) is 5.88. The second kappa shape index (κ2) is 6.29. The molecular formula is C15H12N2O3. The molecule has 0 unspecified atom stereocenters. The van der Waals surface area contributed by atoms with Gasteiger partial charge in [0.05, 0.1) is 0 Å². The molecule has 0 bridgehead atoms. The number of amides is 1. The standard InChI is InChI=1S/C15H12N2O3/c18-14(19)9-6-11-4-7-12(8-5-11)15(20)17-13-3-1-2-10-16-13/h1-10H,(H,18,19)(H,16,17,20)/b9-6+. The predicted octanol–water partition coefficient (Wildman–Crippen LogP) is 2.43. The van der Waals surface area contributed by atoms with Crippen LogP contribution in [0.5, 0.6) is 0 Å². The molecule has 0 atom stereocenters. The van der Waals surface area contributed by atoms with Crippen LogP contribution >= 0.6 is 0 Å². The van der Waals surface area contributed by atoms with Crippen LogP contribution in [-0.4, -0.2) is 22.0 Å². The van der Waals surface area contributed by atoms with E-state index in [0.717, 1.165) is 6.08 Å². The molecule has 1 amide bonds. The van der Waals surface area contributed by atoms with Gasteiger partial charge in [0, 0.05) is 17.8 Å². The maximum atomic E-state index is 11.9. The Bertz CT molecular complexity index is 634. The summed E-state index contributed by atoms with van der Waals surface area (Å²) in [5.74, 6) is -0.799. The van der Waals surface area contributed by atoms with Crippen LogP contribution in [-0.2, 0) is 4.79 Å². The lowest BCUT2D eigenvalue weighted by Gasteiger charge is -2.04. The van der Waals surface area contributed by atoms with Crippen molar-refractivity contribution in [1.29, 1.82) is 0 Å². The first-order valence-electron chi connectivity index (χ1n) is 5.88. The van der Waals surface area contributed by atoms with Crippen molar-refractivity contribution in [2.75, 3.05) is 5.32 Å². The number of anilines is 1. The number of aromatic nitrogens is 1. The molecule has 0 fully saturated rings. The molecule has 5 heteroatoms. The lowest BCUT2D eigenvalue weighted by molar-refractivity contribution is -0.131. The van der Waals surface area contributed by atoms with Crippen LogP contribution in [0.2, 0.25) is 0 Å². The first kappa shape index (κ1) is 13.5. The number of rotatable bonds is 4. The molecule has 0 spiro atoms. The van der Waals surface area contributed by atoms with Gasteiger partial charge in [0.1, 0.15) is 5.82 Å². The van der Waals surface area contributed by atoms with E-state index in [1.807, 2.05) is 0 Å². The second-order valence-electron chi connectivity index (χ2n) is 3.96. The number of hydrogen-bond acceptors (Lipinski definition) is 3. The minimum Gasteiger partial charge on any atom is -0.478 e. The van der Waals surface area contributed by atoms with Crippen molar-refractivity contribution in [2.24, 2.45) is 0 Å². The SMILES string of the molecule is O=C(O)/C=C/c1ccc(C(=O)Nc2ccccn2)cc1. The number of nitrogens with zero attached hydrogens (tertiary/aromatic N) is 1. The summed E-state index contributed by atoms with van der Waals surface area (Å²) >= 11 is 0. The van der Waals surface area contributed by atoms with E-state index in [1.165, 1.54) is 6.08 Å². The minimum absolute atomic E-state index is 0.266. The highest BCUT2D eigenvalue weighted by molar-refractivity contribution is 6.03. The van der Waals surface area contributed by atoms with Gasteiger partial charge in [-0.15, -0.1) is 0 Å². The van der Waals surface area contributed by atoms with Gasteiger partial charge in [0.25, 0.3) is 5.91 Å². The predicted molar refractivity (Wildman–Crippen MR) is 75.3 cm³/mol. The fraction of sp³-hybridized carbons (Fsp3) is 0. The highest BCUT2D eigenvalue weighted by atomic mass is 16.4. The van der Waals surface area contributed by atoms with Crippen molar-refractivity contribution in [2.45, 2.75) is 0 Å². The molecule has 0 aliphatic carbocycles. The number of carboxylic acids is 1. The van der Waals surface area contributed by atoms with E-state index >= 15 is 0 Å². The Kier molecular flexibility index (Phi) is 4.24. The van der Waals surface area contributed by atoms with Crippen LogP contribution < -0.4 is 5.32 Å². The summed E-state index contributed by atoms with van der Waals surface area (Å²) in [5, 5.41) is 11.2. The molecule has 0 aliphatic heterocycles. The monoisotopic (exact) mass is 268 g/mol. The molecule has 1 aromatic heterocycles. The highest BCUT2D eigenvalue weighted by Gasteiger charge is 2.05. The molecule has 100 valence electrons. The third-order valence-corrected chi connectivity index (χ3v) is 2.50. The average molecular weight is 268 g/mol. The molecule has 1 heterocycles. The van der Waals surface area contributed by atoms with Crippen molar-refractivity contribution in [3.8, 4) is 0 Å². The number of aliphatic carboxylic acids is 1. The Balaban J connectivity index is 2.06. The second-order valence-corrected chi connectivity index (χ2v) is 3.96. The quantitative estimate of drug-likeness (QED) is 0.835. The third kappa shape index (κ3) is 3.78. The van der Waals surface area contributed by atoms with Gasteiger partial charge in [-0.1, -0.05) is 18.2 Å². The van der Waals surface area contributed by atoms with E-state index in [0.29, 0.717) is 16.9 Å². The molecule has 0 saturated heterocycles. The van der Waals surface area contributed by atoms with Crippen LogP contribution in [0, 0.1) is 0 Å². The summed E-state index contributed by atoms with van der Waals surface area (Å²) in [7, 11) is 0. The first-order chi connectivity index (χ1) is 9.65. The Labute approximate surface area is 115 Å². The fourth-order valence-corrected chi connectivity index (χ4v) is 1.54. The Morgan fingerprint density at radius 3 is 2.45 bits per heavy atom. The zero-order chi connectivity index (χ0) is 14.4. The van der Waals surface area contributed by atoms with Gasteiger partial charge in [0.2, 0.25) is 0 Å². The number of carboxylic acid groups (broad SMARTS) is 1. The molecule has 0 radical (unpaired) electrons. The van der Waals surface area contributed by atoms with Crippen molar-refractivity contribution in [3.63, 3.8) is 0 Å². The molecule has 0 saturated carbocycles. The zero-order valence-corrected chi connectivity index (χ0v) is 10.5. The van der Waals surface area contributed by atoms with Crippen molar-refractivity contribution < 1.29 is 14.7 Å². The van der Waals surface area contributed by atoms with E-state index in [1.54, 1.807) is 48.7 Å². The van der Waals surface area contributed by atoms with Crippen LogP contribution in [0.4, 0.5) is 5.82 Å². The number of nitrogens with one attached hydrogen (secondary N) is 1. The minimum atomic E-state index is -1.01. The number of benzene rings is 1. The lowest BCUT2D eigenvalue weighted by Crippen LogP contribution is -2.12. The largest absolute Gasteiger partial charge is 0.478 e. The summed E-state index contributed by atoms with van der Waals surface area (Å²) in [4.78, 5) is 26.3. The van der Waals surface area contributed by atoms with Gasteiger partial charge >= 0.3 is 5.97 Å². The number of carbonyl (C=O) groups is 2. The maximum Gasteiger partial charge on any atom is 0.328 e. The van der Waals surface area contributed by atoms with Gasteiger partial charge in [-0.05, 0) is 35.9 Å². The summed E-state index contributed by atoms with van der Waals surface area (Å²) in [5.41, 5.74) is 1.19. The molecule has 5 nitrogen and oxygen atoms in total. The number of hydrogen-bond donors (Lipinski definition) is 2. The number of pyridine rings is 1. The van der Waals surface area contributed by atoms with E-state index in [4.69, 9.17) is 5.11 Å². The van der Waals surface area contributed by atoms with Gasteiger partial charge in [-0.25, -0.2) is 9.78 Å². The summed E-state index contributed by atoms with van der Waals surface area (Å²) in [6.45, 7) is 0. The van der Waals surface area contributed by atoms with Gasteiger partial charge in [0.15, 0.2) is 0 Å². The smallest absolute Gasteiger partial charge is 0.328 e. The van der Waals surface area contributed by atoms with E-state index in [-0.39, 0.29) is 5.91 Å². The van der Waals surface area contributed by atoms with Gasteiger partial charge in [-0.3, -0.25) is 4.79 Å². The Morgan fingerprint density at radius 2 is 1.85 bits per heavy atom. The van der Waals surface area contributed by atoms with E-state index in [9.17, 15) is 9.59 Å². The third-order valence-electron chi connectivity index (χ3n) is 2.50. The average Bonchev–Trinajstić information content (AvgIpc) is 2.46. The van der Waals surface area contributed by atoms with Gasteiger partial charge < -0.3 is 10.4 Å². The van der Waals surface area contributed by atoms with Crippen molar-refractivity contribution in [1.82, 2.24) is 4.98 Å². The highest BCUT2D eigenvalue weighted by Crippen LogP contribution is 2.09. The Morgan fingerprint density at radius 1 is 1.10 bits per heavy atom. The molecule has 2 aromatic rings. The van der Waals surface area contributed by atoms with E-state index in [2.05, 4.69) is 10.3 Å². The molecule has 0 aliphatic rings. The molecular weight excluding hydrogens is 256 g/mol. The summed E-state index contributed by atoms with van der Waals surface area (Å²) < 4.78 is 0. The van der Waals surface area contributed by atoms with Gasteiger partial charge in [-0.2, -0.15) is 0 Å². The fourth-order valence-electron chi connectivity index (χ4n) is 1.54. The Hall–Kier alpha value is -2.95. The molecule has 2 rings (SSSR count). The summed E-state index contributed by atoms with van der Waals surface area (Å²) in [6.07, 6.45) is 4.10. The molecule has 20 heavy (non-hydrogen) atoms. The zero-order valence-electron chi connectivity index (χ0n) is 10.5. The van der Waals surface area contributed by atoms with Crippen molar-refractivity contribution >= 4 is 23.8 Å². The lowest BCUT2D eigenvalue weighted by atomic mass is 10.1. The van der Waals surface area contributed by atoms with Crippen LogP contribution in [0.3, 0.4) is 0 Å². The molecule has 2 N–H and O–H groups in total. The maximum absolute atomic E-state index is 11.9.